The van der Waals surface area contributed by atoms with Crippen molar-refractivity contribution in [2.75, 3.05) is 39.6 Å². The van der Waals surface area contributed by atoms with Gasteiger partial charge in [0.15, 0.2) is 12.2 Å². The summed E-state index contributed by atoms with van der Waals surface area (Å²) in [5.74, 6) is -2.11. The summed E-state index contributed by atoms with van der Waals surface area (Å²) < 4.78 is 68.5. The molecular weight excluding hydrogens is 1230 g/mol. The Morgan fingerprint density at radius 2 is 0.426 bits per heavy atom. The van der Waals surface area contributed by atoms with Crippen molar-refractivity contribution in [1.29, 1.82) is 0 Å². The SMILES string of the molecule is CCCCCCCCCCCCCCCCCCCC(=O)O[C@H](COC(=O)CCCCCCCCCCCCCCCCC)COP(=O)(O)OC[C@@H](O)COP(=O)(O)OC[C@@H](COC(=O)CCCCCCCCCCC)OC(=O)CCCCCCCCCCCCCCC. The van der Waals surface area contributed by atoms with Crippen molar-refractivity contribution in [1.82, 2.24) is 0 Å². The van der Waals surface area contributed by atoms with Gasteiger partial charge < -0.3 is 33.8 Å². The Labute approximate surface area is 575 Å². The largest absolute Gasteiger partial charge is 0.472 e. The molecule has 0 aromatic heterocycles. The van der Waals surface area contributed by atoms with Gasteiger partial charge in [0.1, 0.15) is 19.3 Å². The normalized spacial score (nSPS) is 13.9. The highest BCUT2D eigenvalue weighted by Gasteiger charge is 2.30. The predicted molar refractivity (Wildman–Crippen MR) is 382 cm³/mol. The van der Waals surface area contributed by atoms with Crippen molar-refractivity contribution < 1.29 is 80.2 Å². The fourth-order valence-corrected chi connectivity index (χ4v) is 13.2. The molecule has 17 nitrogen and oxygen atoms in total. The van der Waals surface area contributed by atoms with Crippen molar-refractivity contribution in [3.8, 4) is 0 Å². The third-order valence-electron chi connectivity index (χ3n) is 17.6. The second-order valence-electron chi connectivity index (χ2n) is 27.0. The van der Waals surface area contributed by atoms with Crippen molar-refractivity contribution in [2.45, 2.75) is 418 Å². The van der Waals surface area contributed by atoms with Crippen LogP contribution in [0.25, 0.3) is 0 Å². The molecule has 2 unspecified atom stereocenters. The molecule has 0 bridgehead atoms. The van der Waals surface area contributed by atoms with Crippen molar-refractivity contribution in [3.05, 3.63) is 0 Å². The molecule has 0 fully saturated rings. The van der Waals surface area contributed by atoms with E-state index in [1.165, 1.54) is 231 Å². The molecule has 558 valence electrons. The van der Waals surface area contributed by atoms with Crippen LogP contribution in [0.15, 0.2) is 0 Å². The molecule has 0 rings (SSSR count). The van der Waals surface area contributed by atoms with Crippen LogP contribution in [0.3, 0.4) is 0 Å². The Morgan fingerprint density at radius 1 is 0.255 bits per heavy atom. The topological polar surface area (TPSA) is 237 Å². The minimum Gasteiger partial charge on any atom is -0.462 e. The molecule has 19 heteroatoms. The summed E-state index contributed by atoms with van der Waals surface area (Å²) in [7, 11) is -9.90. The van der Waals surface area contributed by atoms with Crippen LogP contribution < -0.4 is 0 Å². The van der Waals surface area contributed by atoms with E-state index in [0.717, 1.165) is 89.9 Å². The fourth-order valence-electron chi connectivity index (χ4n) is 11.6. The maximum Gasteiger partial charge on any atom is 0.472 e. The van der Waals surface area contributed by atoms with E-state index in [1.54, 1.807) is 0 Å². The van der Waals surface area contributed by atoms with Crippen LogP contribution in [0.5, 0.6) is 0 Å². The van der Waals surface area contributed by atoms with Crippen LogP contribution in [0.1, 0.15) is 400 Å². The van der Waals surface area contributed by atoms with E-state index >= 15 is 0 Å². The number of phosphoric acid groups is 2. The zero-order chi connectivity index (χ0) is 69.0. The van der Waals surface area contributed by atoms with E-state index in [0.29, 0.717) is 25.7 Å². The van der Waals surface area contributed by atoms with Gasteiger partial charge in [0.05, 0.1) is 26.4 Å². The van der Waals surface area contributed by atoms with E-state index in [9.17, 15) is 43.2 Å². The maximum atomic E-state index is 13.1. The number of phosphoric ester groups is 2. The van der Waals surface area contributed by atoms with Crippen LogP contribution >= 0.6 is 15.6 Å². The molecule has 0 aromatic carbocycles. The second kappa shape index (κ2) is 69.5. The van der Waals surface area contributed by atoms with E-state index in [1.807, 2.05) is 0 Å². The number of ether oxygens (including phenoxy) is 4. The molecule has 0 spiro atoms. The summed E-state index contributed by atoms with van der Waals surface area (Å²) in [6, 6.07) is 0. The van der Waals surface area contributed by atoms with Crippen molar-refractivity contribution in [3.63, 3.8) is 0 Å². The lowest BCUT2D eigenvalue weighted by molar-refractivity contribution is -0.161. The van der Waals surface area contributed by atoms with Gasteiger partial charge in [0.2, 0.25) is 0 Å². The zero-order valence-corrected chi connectivity index (χ0v) is 62.7. The first-order valence-electron chi connectivity index (χ1n) is 39.3. The summed E-state index contributed by atoms with van der Waals surface area (Å²) in [4.78, 5) is 72.7. The number of aliphatic hydroxyl groups is 1. The molecule has 0 amide bonds. The highest BCUT2D eigenvalue weighted by atomic mass is 31.2. The number of aliphatic hydroxyl groups excluding tert-OH is 1. The number of esters is 4. The van der Waals surface area contributed by atoms with E-state index in [4.69, 9.17) is 37.0 Å². The van der Waals surface area contributed by atoms with Gasteiger partial charge in [-0.1, -0.05) is 349 Å². The van der Waals surface area contributed by atoms with Gasteiger partial charge in [-0.3, -0.25) is 37.3 Å². The van der Waals surface area contributed by atoms with Gasteiger partial charge in [-0.25, -0.2) is 9.13 Å². The van der Waals surface area contributed by atoms with Crippen LogP contribution in [-0.2, 0) is 65.4 Å². The Kier molecular flexibility index (Phi) is 68.1. The van der Waals surface area contributed by atoms with Crippen LogP contribution in [0.4, 0.5) is 0 Å². The second-order valence-corrected chi connectivity index (χ2v) is 29.9. The molecule has 0 aliphatic rings. The van der Waals surface area contributed by atoms with Gasteiger partial charge in [-0.05, 0) is 25.7 Å². The number of unbranched alkanes of at least 4 members (excludes halogenated alkanes) is 50. The zero-order valence-electron chi connectivity index (χ0n) is 60.9. The standard InChI is InChI=1S/C75H146O17P2/c1-5-9-13-17-21-25-28-31-33-34-36-39-42-46-50-54-58-62-75(80)92-71(66-86-73(78)60-56-52-48-44-40-38-35-32-29-26-22-18-14-10-6-2)68-90-94(83,84)88-64-69(76)63-87-93(81,82)89-67-70(65-85-72(77)59-55-51-47-43-24-20-16-12-8-4)91-74(79)61-57-53-49-45-41-37-30-27-23-19-15-11-7-3/h69-71,76H,5-68H2,1-4H3,(H,81,82)(H,83,84)/t69-,70+,71+/m0/s1. The lowest BCUT2D eigenvalue weighted by Gasteiger charge is -2.21. The third-order valence-corrected chi connectivity index (χ3v) is 19.5. The highest BCUT2D eigenvalue weighted by Crippen LogP contribution is 2.45. The van der Waals surface area contributed by atoms with Crippen LogP contribution in [-0.4, -0.2) is 96.7 Å². The number of hydrogen-bond donors (Lipinski definition) is 3. The van der Waals surface area contributed by atoms with Crippen LogP contribution in [0.2, 0.25) is 0 Å². The molecule has 0 aromatic rings. The molecule has 3 N–H and O–H groups in total. The molecule has 94 heavy (non-hydrogen) atoms. The first-order chi connectivity index (χ1) is 45.7. The van der Waals surface area contributed by atoms with E-state index < -0.39 is 97.5 Å². The first kappa shape index (κ1) is 92.1. The molecule has 0 aliphatic heterocycles. The first-order valence-corrected chi connectivity index (χ1v) is 42.3. The lowest BCUT2D eigenvalue weighted by Crippen LogP contribution is -2.30. The summed E-state index contributed by atoms with van der Waals surface area (Å²) in [6.07, 6.45) is 59.5. The van der Waals surface area contributed by atoms with Crippen LogP contribution in [0, 0.1) is 0 Å². The van der Waals surface area contributed by atoms with E-state index in [2.05, 4.69) is 27.7 Å². The molecular formula is C75H146O17P2. The number of carbonyl (C=O) groups excluding carboxylic acids is 4. The maximum absolute atomic E-state index is 13.1. The number of carbonyl (C=O) groups is 4. The monoisotopic (exact) mass is 1380 g/mol. The Bertz CT molecular complexity index is 1790. The van der Waals surface area contributed by atoms with Gasteiger partial charge in [-0.2, -0.15) is 0 Å². The molecule has 0 aliphatic carbocycles. The number of hydrogen-bond acceptors (Lipinski definition) is 15. The average Bonchev–Trinajstić information content (AvgIpc) is 1.62. The molecule has 0 heterocycles. The Balaban J connectivity index is 5.23. The summed E-state index contributed by atoms with van der Waals surface area (Å²) in [5.41, 5.74) is 0. The predicted octanol–water partition coefficient (Wildman–Crippen LogP) is 22.2. The van der Waals surface area contributed by atoms with Gasteiger partial charge >= 0.3 is 39.5 Å². The fraction of sp³-hybridized carbons (Fsp3) is 0.947. The quantitative estimate of drug-likeness (QED) is 0.0222. The minimum absolute atomic E-state index is 0.108. The van der Waals surface area contributed by atoms with Gasteiger partial charge in [0.25, 0.3) is 0 Å². The highest BCUT2D eigenvalue weighted by molar-refractivity contribution is 7.47. The summed E-state index contributed by atoms with van der Waals surface area (Å²) >= 11 is 0. The summed E-state index contributed by atoms with van der Waals surface area (Å²) in [5, 5.41) is 10.6. The van der Waals surface area contributed by atoms with Crippen molar-refractivity contribution in [2.24, 2.45) is 0 Å². The van der Waals surface area contributed by atoms with E-state index in [-0.39, 0.29) is 25.7 Å². The minimum atomic E-state index is -4.95. The molecule has 0 radical (unpaired) electrons. The van der Waals surface area contributed by atoms with Gasteiger partial charge in [0, 0.05) is 25.7 Å². The third kappa shape index (κ3) is 68.6. The Hall–Kier alpha value is -1.94. The molecule has 0 saturated carbocycles. The summed E-state index contributed by atoms with van der Waals surface area (Å²) in [6.45, 7) is 4.98. The average molecular weight is 1380 g/mol. The van der Waals surface area contributed by atoms with Gasteiger partial charge in [-0.15, -0.1) is 0 Å². The smallest absolute Gasteiger partial charge is 0.462 e. The number of rotatable bonds is 76. The molecule has 5 atom stereocenters. The van der Waals surface area contributed by atoms with Crippen molar-refractivity contribution >= 4 is 39.5 Å². The Morgan fingerprint density at radius 3 is 0.628 bits per heavy atom. The lowest BCUT2D eigenvalue weighted by atomic mass is 10.0. The molecule has 0 saturated heterocycles.